The van der Waals surface area contributed by atoms with Crippen molar-refractivity contribution < 1.29 is 14.6 Å². The van der Waals surface area contributed by atoms with Gasteiger partial charge >= 0.3 is 0 Å². The van der Waals surface area contributed by atoms with E-state index < -0.39 is 0 Å². The normalized spacial score (nSPS) is 9.79. The SMILES string of the molecule is CN(C)CCCl.CN(C)CCOc1cccc(C#N)c1.CN(C)CCOc1cccc(CN)c1.N#Cc1cccc(O)c1. The Balaban J connectivity index is 0.000000573. The topological polar surface area (TPSA) is 122 Å². The van der Waals surface area contributed by atoms with Gasteiger partial charge in [-0.1, -0.05) is 24.3 Å². The molecule has 43 heavy (non-hydrogen) atoms. The molecule has 0 aromatic heterocycles. The first kappa shape index (κ1) is 39.2. The molecule has 0 radical (unpaired) electrons. The molecule has 0 heterocycles. The summed E-state index contributed by atoms with van der Waals surface area (Å²) in [4.78, 5) is 6.19. The Bertz CT molecular complexity index is 1230. The van der Waals surface area contributed by atoms with Gasteiger partial charge in [0.1, 0.15) is 30.5 Å². The molecule has 3 rings (SSSR count). The number of rotatable bonds is 11. The molecule has 3 N–H and O–H groups in total. The molecule has 0 aliphatic rings. The monoisotopic (exact) mass is 610 g/mol. The van der Waals surface area contributed by atoms with E-state index in [1.54, 1.807) is 24.3 Å². The largest absolute Gasteiger partial charge is 0.508 e. The molecule has 0 saturated heterocycles. The van der Waals surface area contributed by atoms with Crippen molar-refractivity contribution in [3.05, 3.63) is 89.5 Å². The van der Waals surface area contributed by atoms with Gasteiger partial charge in [-0.3, -0.25) is 0 Å². The van der Waals surface area contributed by atoms with Crippen LogP contribution >= 0.6 is 11.6 Å². The summed E-state index contributed by atoms with van der Waals surface area (Å²) >= 11 is 5.35. The van der Waals surface area contributed by atoms with Crippen LogP contribution in [-0.4, -0.2) is 101 Å². The first-order valence-corrected chi connectivity index (χ1v) is 14.3. The number of halogens is 1. The van der Waals surface area contributed by atoms with Crippen LogP contribution in [0.15, 0.2) is 72.8 Å². The van der Waals surface area contributed by atoms with Gasteiger partial charge in [-0.15, -0.1) is 11.6 Å². The lowest BCUT2D eigenvalue weighted by atomic mass is 10.2. The Hall–Kier alpha value is -3.83. The highest BCUT2D eigenvalue weighted by molar-refractivity contribution is 6.18. The van der Waals surface area contributed by atoms with E-state index in [4.69, 9.17) is 42.4 Å². The third kappa shape index (κ3) is 22.4. The predicted octanol–water partition coefficient (Wildman–Crippen LogP) is 4.64. The number of nitrogens with two attached hydrogens (primary N) is 1. The molecule has 3 aromatic carbocycles. The van der Waals surface area contributed by atoms with Crippen LogP contribution in [0.25, 0.3) is 0 Å². The number of nitrogens with zero attached hydrogens (tertiary/aromatic N) is 5. The number of ether oxygens (including phenoxy) is 2. The first-order chi connectivity index (χ1) is 20.5. The van der Waals surface area contributed by atoms with Crippen LogP contribution in [0.5, 0.6) is 17.2 Å². The van der Waals surface area contributed by atoms with Gasteiger partial charge < -0.3 is 35.0 Å². The minimum Gasteiger partial charge on any atom is -0.508 e. The highest BCUT2D eigenvalue weighted by Gasteiger charge is 1.97. The highest BCUT2D eigenvalue weighted by atomic mass is 35.5. The van der Waals surface area contributed by atoms with E-state index in [2.05, 4.69) is 11.0 Å². The third-order valence-corrected chi connectivity index (χ3v) is 5.39. The quantitative estimate of drug-likeness (QED) is 0.299. The molecule has 234 valence electrons. The second-order valence-corrected chi connectivity index (χ2v) is 10.3. The summed E-state index contributed by atoms with van der Waals surface area (Å²) in [5, 5.41) is 25.8. The van der Waals surface area contributed by atoms with Gasteiger partial charge in [-0.25, -0.2) is 0 Å². The number of phenolic OH excluding ortho intramolecular Hbond substituents is 1. The summed E-state index contributed by atoms with van der Waals surface area (Å²) in [6.45, 7) is 4.68. The zero-order valence-corrected chi connectivity index (χ0v) is 27.1. The lowest BCUT2D eigenvalue weighted by Crippen LogP contribution is -2.19. The highest BCUT2D eigenvalue weighted by Crippen LogP contribution is 2.13. The number of likely N-dealkylation sites (N-methyl/N-ethyl adjacent to an activating group) is 2. The summed E-state index contributed by atoms with van der Waals surface area (Å²) in [6.07, 6.45) is 0. The second-order valence-electron chi connectivity index (χ2n) is 9.95. The van der Waals surface area contributed by atoms with Crippen LogP contribution in [0, 0.1) is 22.7 Å². The van der Waals surface area contributed by atoms with Gasteiger partial charge in [-0.2, -0.15) is 10.5 Å². The molecule has 0 fully saturated rings. The second kappa shape index (κ2) is 24.7. The van der Waals surface area contributed by atoms with Crippen molar-refractivity contribution in [1.82, 2.24) is 14.7 Å². The van der Waals surface area contributed by atoms with Crippen molar-refractivity contribution in [2.75, 3.05) is 81.0 Å². The van der Waals surface area contributed by atoms with Gasteiger partial charge in [0.05, 0.1) is 23.3 Å². The molecule has 0 aliphatic carbocycles. The summed E-state index contributed by atoms with van der Waals surface area (Å²) in [5.41, 5.74) is 7.75. The van der Waals surface area contributed by atoms with Gasteiger partial charge in [0.25, 0.3) is 0 Å². The minimum absolute atomic E-state index is 0.133. The molecule has 3 aromatic rings. The molecule has 0 aliphatic heterocycles. The lowest BCUT2D eigenvalue weighted by molar-refractivity contribution is 0.261. The molecular weight excluding hydrogens is 564 g/mol. The molecule has 0 spiro atoms. The molecule has 9 nitrogen and oxygen atoms in total. The maximum Gasteiger partial charge on any atom is 0.120 e. The van der Waals surface area contributed by atoms with E-state index in [1.165, 1.54) is 12.1 Å². The van der Waals surface area contributed by atoms with E-state index in [1.807, 2.05) is 94.6 Å². The Morgan fingerprint density at radius 1 is 0.698 bits per heavy atom. The Kier molecular flexibility index (Phi) is 22.5. The molecule has 10 heteroatoms. The number of nitriles is 2. The van der Waals surface area contributed by atoms with E-state index >= 15 is 0 Å². The van der Waals surface area contributed by atoms with Gasteiger partial charge in [0.2, 0.25) is 0 Å². The first-order valence-electron chi connectivity index (χ1n) is 13.8. The number of hydrogen-bond donors (Lipinski definition) is 2. The van der Waals surface area contributed by atoms with Crippen LogP contribution in [0.2, 0.25) is 0 Å². The molecular formula is C33H47ClN6O3. The van der Waals surface area contributed by atoms with Crippen LogP contribution < -0.4 is 15.2 Å². The van der Waals surface area contributed by atoms with Crippen LogP contribution in [0.3, 0.4) is 0 Å². The average Bonchev–Trinajstić information content (AvgIpc) is 2.98. The summed E-state index contributed by atoms with van der Waals surface area (Å²) in [7, 11) is 12.0. The van der Waals surface area contributed by atoms with Gasteiger partial charge in [-0.05, 0) is 96.4 Å². The van der Waals surface area contributed by atoms with E-state index in [0.717, 1.165) is 42.6 Å². The fourth-order valence-corrected chi connectivity index (χ4v) is 3.19. The van der Waals surface area contributed by atoms with Crippen LogP contribution in [-0.2, 0) is 6.54 Å². The molecule has 0 saturated carbocycles. The minimum atomic E-state index is 0.133. The van der Waals surface area contributed by atoms with Crippen molar-refractivity contribution in [2.24, 2.45) is 5.73 Å². The maximum absolute atomic E-state index is 8.79. The fraction of sp³-hybridized carbons (Fsp3) is 0.394. The van der Waals surface area contributed by atoms with E-state index in [0.29, 0.717) is 30.9 Å². The number of benzene rings is 3. The lowest BCUT2D eigenvalue weighted by Gasteiger charge is -2.11. The van der Waals surface area contributed by atoms with E-state index in [9.17, 15) is 0 Å². The zero-order chi connectivity index (χ0) is 32.5. The number of phenols is 1. The van der Waals surface area contributed by atoms with Crippen molar-refractivity contribution in [1.29, 1.82) is 10.5 Å². The predicted molar refractivity (Wildman–Crippen MR) is 176 cm³/mol. The standard InChI is InChI=1S/C11H18N2O.C11H14N2O.C7H5NO.C4H10ClN/c2*1-13(2)6-7-14-11-5-3-4-10(8-11)9-12;8-5-6-2-1-3-7(9)4-6;1-6(2)4-3-5/h3-5,8H,6-7,9,12H2,1-2H3;3-5,8H,6-7H2,1-2H3;1-4,9H;3-4H2,1-2H3. The number of alkyl halides is 1. The summed E-state index contributed by atoms with van der Waals surface area (Å²) < 4.78 is 11.0. The average molecular weight is 611 g/mol. The smallest absolute Gasteiger partial charge is 0.120 e. The van der Waals surface area contributed by atoms with Gasteiger partial charge in [0, 0.05) is 32.1 Å². The van der Waals surface area contributed by atoms with Crippen molar-refractivity contribution >= 4 is 11.6 Å². The fourth-order valence-electron chi connectivity index (χ4n) is 2.85. The van der Waals surface area contributed by atoms with Crippen molar-refractivity contribution in [3.63, 3.8) is 0 Å². The zero-order valence-electron chi connectivity index (χ0n) is 26.3. The Labute approximate surface area is 263 Å². The van der Waals surface area contributed by atoms with Crippen LogP contribution in [0.4, 0.5) is 0 Å². The molecule has 0 bridgehead atoms. The van der Waals surface area contributed by atoms with Crippen molar-refractivity contribution in [2.45, 2.75) is 6.54 Å². The van der Waals surface area contributed by atoms with E-state index in [-0.39, 0.29) is 5.75 Å². The maximum atomic E-state index is 8.79. The summed E-state index contributed by atoms with van der Waals surface area (Å²) in [5.74, 6) is 2.52. The number of hydrogen-bond acceptors (Lipinski definition) is 9. The van der Waals surface area contributed by atoms with Gasteiger partial charge in [0.15, 0.2) is 0 Å². The number of aromatic hydroxyl groups is 1. The van der Waals surface area contributed by atoms with Crippen LogP contribution in [0.1, 0.15) is 16.7 Å². The molecule has 0 unspecified atom stereocenters. The Morgan fingerprint density at radius 2 is 1.16 bits per heavy atom. The molecule has 0 amide bonds. The Morgan fingerprint density at radius 3 is 1.56 bits per heavy atom. The molecule has 0 atom stereocenters. The van der Waals surface area contributed by atoms with Crippen molar-refractivity contribution in [3.8, 4) is 29.4 Å². The third-order valence-electron chi connectivity index (χ3n) is 5.22. The summed E-state index contributed by atoms with van der Waals surface area (Å²) in [6, 6.07) is 25.3.